The number of rotatable bonds is 1. The molecule has 3 rings (SSSR count). The fourth-order valence-corrected chi connectivity index (χ4v) is 1.81. The number of anilines is 2. The largest absolute Gasteiger partial charge is 0.454 e. The van der Waals surface area contributed by atoms with E-state index in [-0.39, 0.29) is 6.79 Å². The van der Waals surface area contributed by atoms with Crippen LogP contribution in [0.5, 0.6) is 11.5 Å². The molecule has 1 aromatic carbocycles. The average molecular weight is 229 g/mol. The first-order chi connectivity index (χ1) is 8.25. The summed E-state index contributed by atoms with van der Waals surface area (Å²) in [5.41, 5.74) is 13.8. The van der Waals surface area contributed by atoms with Crippen LogP contribution in [0.4, 0.5) is 11.5 Å². The molecule has 0 amide bonds. The van der Waals surface area contributed by atoms with Crippen molar-refractivity contribution in [2.24, 2.45) is 0 Å². The van der Waals surface area contributed by atoms with E-state index in [9.17, 15) is 0 Å². The maximum absolute atomic E-state index is 5.90. The molecule has 5 nitrogen and oxygen atoms in total. The number of nitrogen functional groups attached to an aromatic ring is 2. The Kier molecular flexibility index (Phi) is 2.04. The van der Waals surface area contributed by atoms with Gasteiger partial charge in [-0.25, -0.2) is 4.98 Å². The number of aromatic nitrogens is 1. The lowest BCUT2D eigenvalue weighted by atomic mass is 10.0. The molecule has 2 aromatic rings. The summed E-state index contributed by atoms with van der Waals surface area (Å²) in [6, 6.07) is 7.48. The molecule has 0 unspecified atom stereocenters. The molecule has 86 valence electrons. The minimum atomic E-state index is 0.257. The summed E-state index contributed by atoms with van der Waals surface area (Å²) in [5.74, 6) is 1.80. The molecule has 0 bridgehead atoms. The minimum absolute atomic E-state index is 0.257. The van der Waals surface area contributed by atoms with Crippen LogP contribution in [-0.2, 0) is 0 Å². The van der Waals surface area contributed by atoms with Gasteiger partial charge in [0, 0.05) is 11.8 Å². The topological polar surface area (TPSA) is 83.4 Å². The van der Waals surface area contributed by atoms with Gasteiger partial charge in [0.25, 0.3) is 0 Å². The van der Waals surface area contributed by atoms with Crippen LogP contribution in [0.25, 0.3) is 11.1 Å². The predicted molar refractivity (Wildman–Crippen MR) is 64.6 cm³/mol. The SMILES string of the molecule is Nc1nccc(-c2ccc3c(c2)OCO3)c1N. The molecule has 0 fully saturated rings. The quantitative estimate of drug-likeness (QED) is 0.776. The predicted octanol–water partition coefficient (Wildman–Crippen LogP) is 1.64. The summed E-state index contributed by atoms with van der Waals surface area (Å²) < 4.78 is 10.6. The van der Waals surface area contributed by atoms with Gasteiger partial charge in [-0.3, -0.25) is 0 Å². The Balaban J connectivity index is 2.13. The lowest BCUT2D eigenvalue weighted by Gasteiger charge is -2.08. The lowest BCUT2D eigenvalue weighted by Crippen LogP contribution is -1.99. The highest BCUT2D eigenvalue weighted by Gasteiger charge is 2.15. The number of fused-ring (bicyclic) bond motifs is 1. The van der Waals surface area contributed by atoms with Gasteiger partial charge in [0.15, 0.2) is 11.5 Å². The number of ether oxygens (including phenoxy) is 2. The second kappa shape index (κ2) is 3.55. The summed E-state index contributed by atoms with van der Waals surface area (Å²) in [4.78, 5) is 3.93. The lowest BCUT2D eigenvalue weighted by molar-refractivity contribution is 0.174. The molecule has 1 aromatic heterocycles. The van der Waals surface area contributed by atoms with E-state index in [0.717, 1.165) is 22.6 Å². The van der Waals surface area contributed by atoms with Gasteiger partial charge in [-0.2, -0.15) is 0 Å². The third-order valence-corrected chi connectivity index (χ3v) is 2.70. The van der Waals surface area contributed by atoms with Crippen molar-refractivity contribution in [3.63, 3.8) is 0 Å². The number of pyridine rings is 1. The molecule has 1 aliphatic heterocycles. The number of benzene rings is 1. The van der Waals surface area contributed by atoms with Gasteiger partial charge in [-0.15, -0.1) is 0 Å². The molecule has 0 aliphatic carbocycles. The molecule has 0 atom stereocenters. The maximum Gasteiger partial charge on any atom is 0.231 e. The Bertz CT molecular complexity index is 584. The second-order valence-corrected chi connectivity index (χ2v) is 3.73. The van der Waals surface area contributed by atoms with Crippen LogP contribution >= 0.6 is 0 Å². The Hall–Kier alpha value is -2.43. The van der Waals surface area contributed by atoms with Crippen molar-refractivity contribution in [3.8, 4) is 22.6 Å². The van der Waals surface area contributed by atoms with Crippen LogP contribution in [0.15, 0.2) is 30.5 Å². The average Bonchev–Trinajstić information content (AvgIpc) is 2.79. The summed E-state index contributed by atoms with van der Waals surface area (Å²) in [6.45, 7) is 0.257. The van der Waals surface area contributed by atoms with Crippen LogP contribution < -0.4 is 20.9 Å². The number of hydrogen-bond donors (Lipinski definition) is 2. The van der Waals surface area contributed by atoms with E-state index < -0.39 is 0 Å². The van der Waals surface area contributed by atoms with E-state index in [0.29, 0.717) is 11.5 Å². The third-order valence-electron chi connectivity index (χ3n) is 2.70. The fraction of sp³-hybridized carbons (Fsp3) is 0.0833. The molecular weight excluding hydrogens is 218 g/mol. The van der Waals surface area contributed by atoms with Gasteiger partial charge in [0.1, 0.15) is 5.82 Å². The molecule has 0 spiro atoms. The summed E-state index contributed by atoms with van der Waals surface area (Å²) in [7, 11) is 0. The molecule has 0 saturated carbocycles. The first-order valence-corrected chi connectivity index (χ1v) is 5.15. The molecule has 17 heavy (non-hydrogen) atoms. The van der Waals surface area contributed by atoms with E-state index in [1.54, 1.807) is 6.20 Å². The summed E-state index contributed by atoms with van der Waals surface area (Å²) in [6.07, 6.45) is 1.63. The molecule has 0 radical (unpaired) electrons. The van der Waals surface area contributed by atoms with Crippen LogP contribution in [0, 0.1) is 0 Å². The van der Waals surface area contributed by atoms with Gasteiger partial charge >= 0.3 is 0 Å². The van der Waals surface area contributed by atoms with Crippen molar-refractivity contribution < 1.29 is 9.47 Å². The van der Waals surface area contributed by atoms with E-state index in [2.05, 4.69) is 4.98 Å². The van der Waals surface area contributed by atoms with E-state index in [4.69, 9.17) is 20.9 Å². The van der Waals surface area contributed by atoms with Crippen LogP contribution in [0.3, 0.4) is 0 Å². The van der Waals surface area contributed by atoms with Crippen LogP contribution in [0.2, 0.25) is 0 Å². The van der Waals surface area contributed by atoms with Crippen molar-refractivity contribution in [1.29, 1.82) is 0 Å². The smallest absolute Gasteiger partial charge is 0.231 e. The van der Waals surface area contributed by atoms with E-state index in [1.165, 1.54) is 0 Å². The van der Waals surface area contributed by atoms with Crippen molar-refractivity contribution in [1.82, 2.24) is 4.98 Å². The molecule has 2 heterocycles. The van der Waals surface area contributed by atoms with Gasteiger partial charge in [0.05, 0.1) is 5.69 Å². The second-order valence-electron chi connectivity index (χ2n) is 3.73. The Morgan fingerprint density at radius 2 is 1.88 bits per heavy atom. The number of nitrogens with two attached hydrogens (primary N) is 2. The molecule has 5 heteroatoms. The zero-order valence-electron chi connectivity index (χ0n) is 9.01. The first kappa shape index (κ1) is 9.77. The van der Waals surface area contributed by atoms with Crippen molar-refractivity contribution in [3.05, 3.63) is 30.5 Å². The zero-order valence-corrected chi connectivity index (χ0v) is 9.01. The fourth-order valence-electron chi connectivity index (χ4n) is 1.81. The summed E-state index contributed by atoms with van der Waals surface area (Å²) >= 11 is 0. The van der Waals surface area contributed by atoms with E-state index in [1.807, 2.05) is 24.3 Å². The normalized spacial score (nSPS) is 12.7. The molecule has 1 aliphatic rings. The highest BCUT2D eigenvalue weighted by molar-refractivity contribution is 5.83. The minimum Gasteiger partial charge on any atom is -0.454 e. The monoisotopic (exact) mass is 229 g/mol. The highest BCUT2D eigenvalue weighted by atomic mass is 16.7. The molecular formula is C12H11N3O2. The van der Waals surface area contributed by atoms with Crippen molar-refractivity contribution in [2.45, 2.75) is 0 Å². The Morgan fingerprint density at radius 1 is 1.06 bits per heavy atom. The first-order valence-electron chi connectivity index (χ1n) is 5.15. The van der Waals surface area contributed by atoms with Crippen molar-refractivity contribution >= 4 is 11.5 Å². The molecule has 0 saturated heterocycles. The third kappa shape index (κ3) is 1.52. The highest BCUT2D eigenvalue weighted by Crippen LogP contribution is 2.37. The van der Waals surface area contributed by atoms with E-state index >= 15 is 0 Å². The number of nitrogens with zero attached hydrogens (tertiary/aromatic N) is 1. The molecule has 4 N–H and O–H groups in total. The van der Waals surface area contributed by atoms with Crippen molar-refractivity contribution in [2.75, 3.05) is 18.3 Å². The van der Waals surface area contributed by atoms with Gasteiger partial charge in [0.2, 0.25) is 6.79 Å². The summed E-state index contributed by atoms with van der Waals surface area (Å²) in [5, 5.41) is 0. The Labute approximate surface area is 98.0 Å². The standard InChI is InChI=1S/C12H11N3O2/c13-11-8(3-4-15-12(11)14)7-1-2-9-10(5-7)17-6-16-9/h1-5H,6,13H2,(H2,14,15). The number of hydrogen-bond acceptors (Lipinski definition) is 5. The maximum atomic E-state index is 5.90. The zero-order chi connectivity index (χ0) is 11.8. The van der Waals surface area contributed by atoms with Crippen LogP contribution in [0.1, 0.15) is 0 Å². The van der Waals surface area contributed by atoms with Gasteiger partial charge in [-0.1, -0.05) is 6.07 Å². The Morgan fingerprint density at radius 3 is 2.76 bits per heavy atom. The van der Waals surface area contributed by atoms with Gasteiger partial charge in [-0.05, 0) is 23.8 Å². The van der Waals surface area contributed by atoms with Crippen LogP contribution in [-0.4, -0.2) is 11.8 Å². The van der Waals surface area contributed by atoms with Gasteiger partial charge < -0.3 is 20.9 Å².